The Morgan fingerprint density at radius 3 is 2.51 bits per heavy atom. The molecule has 0 aliphatic carbocycles. The van der Waals surface area contributed by atoms with Crippen molar-refractivity contribution in [1.82, 2.24) is 4.98 Å². The monoisotopic (exact) mass is 536 g/mol. The number of fused-ring (bicyclic) bond motifs is 1. The number of ketones is 1. The molecule has 1 saturated heterocycles. The van der Waals surface area contributed by atoms with Gasteiger partial charge in [0.15, 0.2) is 0 Å². The summed E-state index contributed by atoms with van der Waals surface area (Å²) in [5.74, 6) is -1.31. The van der Waals surface area contributed by atoms with Crippen molar-refractivity contribution in [1.29, 1.82) is 0 Å². The van der Waals surface area contributed by atoms with Gasteiger partial charge in [-0.05, 0) is 49.4 Å². The molecule has 1 aromatic heterocycles. The molecule has 9 heteroatoms. The van der Waals surface area contributed by atoms with E-state index in [9.17, 15) is 14.7 Å². The number of aliphatic hydroxyl groups is 1. The van der Waals surface area contributed by atoms with Crippen LogP contribution in [0.15, 0.2) is 72.4 Å². The first-order valence-electron chi connectivity index (χ1n) is 11.5. The summed E-state index contributed by atoms with van der Waals surface area (Å²) in [6, 6.07) is 16.3. The summed E-state index contributed by atoms with van der Waals surface area (Å²) in [4.78, 5) is 31.6. The fourth-order valence-corrected chi connectivity index (χ4v) is 5.24. The van der Waals surface area contributed by atoms with E-state index in [2.05, 4.69) is 4.98 Å². The molecule has 5 rings (SSSR count). The van der Waals surface area contributed by atoms with E-state index >= 15 is 0 Å². The fourth-order valence-electron chi connectivity index (χ4n) is 4.67. The maximum Gasteiger partial charge on any atom is 0.300 e. The lowest BCUT2D eigenvalue weighted by Gasteiger charge is -2.25. The van der Waals surface area contributed by atoms with Gasteiger partial charge in [0.1, 0.15) is 17.3 Å². The van der Waals surface area contributed by atoms with Gasteiger partial charge in [-0.25, -0.2) is 0 Å². The zero-order valence-electron chi connectivity index (χ0n) is 19.9. The van der Waals surface area contributed by atoms with Crippen LogP contribution in [0.4, 0.5) is 5.69 Å². The number of nitrogens with zero attached hydrogens (tertiary/aromatic N) is 1. The lowest BCUT2D eigenvalue weighted by atomic mass is 9.94. The number of carbonyl (C=O) groups excluding carboxylic acids is 2. The maximum atomic E-state index is 13.5. The number of amides is 1. The third-order valence-corrected chi connectivity index (χ3v) is 6.75. The topological polar surface area (TPSA) is 91.9 Å². The van der Waals surface area contributed by atoms with Crippen LogP contribution in [0.25, 0.3) is 16.7 Å². The van der Waals surface area contributed by atoms with Crippen LogP contribution in [0.3, 0.4) is 0 Å². The number of methoxy groups -OCH3 is 1. The van der Waals surface area contributed by atoms with Crippen molar-refractivity contribution in [2.75, 3.05) is 18.6 Å². The summed E-state index contributed by atoms with van der Waals surface area (Å²) in [6.45, 7) is 2.36. The van der Waals surface area contributed by atoms with Crippen LogP contribution in [0, 0.1) is 0 Å². The van der Waals surface area contributed by atoms with Gasteiger partial charge in [0.25, 0.3) is 11.7 Å². The van der Waals surface area contributed by atoms with E-state index in [4.69, 9.17) is 32.7 Å². The molecule has 4 aromatic rings. The first-order valence-corrected chi connectivity index (χ1v) is 12.2. The molecule has 2 heterocycles. The fraction of sp³-hybridized carbons (Fsp3) is 0.143. The van der Waals surface area contributed by atoms with E-state index in [1.165, 1.54) is 24.1 Å². The average Bonchev–Trinajstić information content (AvgIpc) is 3.42. The van der Waals surface area contributed by atoms with Crippen LogP contribution in [-0.2, 0) is 9.59 Å². The number of nitrogens with one attached hydrogen (secondary N) is 1. The number of aromatic nitrogens is 1. The second-order valence-electron chi connectivity index (χ2n) is 8.35. The average molecular weight is 537 g/mol. The molecule has 3 aromatic carbocycles. The largest absolute Gasteiger partial charge is 0.507 e. The molecule has 0 bridgehead atoms. The van der Waals surface area contributed by atoms with Crippen LogP contribution in [0.2, 0.25) is 10.0 Å². The summed E-state index contributed by atoms with van der Waals surface area (Å²) in [5.41, 5.74) is 1.92. The molecule has 7 nitrogen and oxygen atoms in total. The van der Waals surface area contributed by atoms with Crippen LogP contribution < -0.4 is 14.4 Å². The van der Waals surface area contributed by atoms with Crippen molar-refractivity contribution in [3.63, 3.8) is 0 Å². The van der Waals surface area contributed by atoms with Gasteiger partial charge in [-0.15, -0.1) is 0 Å². The molecule has 37 heavy (non-hydrogen) atoms. The van der Waals surface area contributed by atoms with Gasteiger partial charge in [-0.3, -0.25) is 14.5 Å². The number of aromatic amines is 1. The van der Waals surface area contributed by atoms with Gasteiger partial charge in [-0.2, -0.15) is 0 Å². The van der Waals surface area contributed by atoms with E-state index in [-0.39, 0.29) is 26.9 Å². The minimum Gasteiger partial charge on any atom is -0.507 e. The van der Waals surface area contributed by atoms with Crippen LogP contribution in [0.5, 0.6) is 11.5 Å². The highest BCUT2D eigenvalue weighted by molar-refractivity contribution is 6.52. The predicted molar refractivity (Wildman–Crippen MR) is 144 cm³/mol. The molecule has 0 saturated carbocycles. The number of aliphatic hydroxyl groups excluding tert-OH is 1. The Bertz CT molecular complexity index is 1560. The highest BCUT2D eigenvalue weighted by Gasteiger charge is 2.48. The minimum atomic E-state index is -0.948. The summed E-state index contributed by atoms with van der Waals surface area (Å²) in [6.07, 6.45) is 1.73. The second kappa shape index (κ2) is 9.84. The Morgan fingerprint density at radius 1 is 1.08 bits per heavy atom. The summed E-state index contributed by atoms with van der Waals surface area (Å²) < 4.78 is 10.9. The van der Waals surface area contributed by atoms with E-state index in [1.54, 1.807) is 30.5 Å². The number of hydrogen-bond acceptors (Lipinski definition) is 5. The zero-order valence-corrected chi connectivity index (χ0v) is 21.4. The first kappa shape index (κ1) is 24.7. The van der Waals surface area contributed by atoms with Crippen molar-refractivity contribution in [3.05, 3.63) is 93.6 Å². The Kier molecular flexibility index (Phi) is 6.58. The van der Waals surface area contributed by atoms with E-state index in [0.29, 0.717) is 23.6 Å². The molecule has 1 aliphatic heterocycles. The van der Waals surface area contributed by atoms with Gasteiger partial charge in [0, 0.05) is 33.4 Å². The number of rotatable bonds is 6. The smallest absolute Gasteiger partial charge is 0.300 e. The molecule has 1 fully saturated rings. The van der Waals surface area contributed by atoms with E-state index in [0.717, 1.165) is 10.9 Å². The van der Waals surface area contributed by atoms with Gasteiger partial charge < -0.3 is 19.6 Å². The SMILES string of the molecule is CCOc1ccc(N2C(=O)C(=O)/C(=C(/O)c3cc(Cl)cc(Cl)c3OC)C2c2c[nH]c3ccccc23)cc1. The minimum absolute atomic E-state index is 0.106. The maximum absolute atomic E-state index is 13.5. The third-order valence-electron chi connectivity index (χ3n) is 6.25. The number of H-pyrrole nitrogens is 1. The lowest BCUT2D eigenvalue weighted by Crippen LogP contribution is -2.29. The number of halogens is 2. The third kappa shape index (κ3) is 4.20. The molecule has 1 atom stereocenters. The number of hydrogen-bond donors (Lipinski definition) is 2. The van der Waals surface area contributed by atoms with Gasteiger partial charge in [0.2, 0.25) is 0 Å². The summed E-state index contributed by atoms with van der Waals surface area (Å²) in [7, 11) is 1.39. The summed E-state index contributed by atoms with van der Waals surface area (Å²) in [5, 5.41) is 12.7. The van der Waals surface area contributed by atoms with Crippen LogP contribution in [-0.4, -0.2) is 35.5 Å². The molecular weight excluding hydrogens is 515 g/mol. The number of anilines is 1. The van der Waals surface area contributed by atoms with Gasteiger partial charge >= 0.3 is 0 Å². The Labute approximate surface area is 222 Å². The highest BCUT2D eigenvalue weighted by atomic mass is 35.5. The molecule has 1 amide bonds. The quantitative estimate of drug-likeness (QED) is 0.166. The lowest BCUT2D eigenvalue weighted by molar-refractivity contribution is -0.132. The van der Waals surface area contributed by atoms with Gasteiger partial charge in [0.05, 0.1) is 35.9 Å². The molecular formula is C28H22Cl2N2O5. The Balaban J connectivity index is 1.77. The standard InChI is InChI=1S/C28H22Cl2N2O5/c1-3-37-17-10-8-16(9-11-17)32-24(20-14-31-22-7-5-4-6-18(20)22)23(26(34)28(32)35)25(33)19-12-15(29)13-21(30)27(19)36-2/h4-14,24,31,33H,3H2,1-2H3/b25-23+. The van der Waals surface area contributed by atoms with Crippen LogP contribution >= 0.6 is 23.2 Å². The number of carbonyl (C=O) groups is 2. The molecule has 2 N–H and O–H groups in total. The Hall–Kier alpha value is -3.94. The number of Topliss-reactive ketones (excluding diaryl/α,β-unsaturated/α-hetero) is 1. The molecule has 0 spiro atoms. The van der Waals surface area contributed by atoms with Crippen molar-refractivity contribution in [2.45, 2.75) is 13.0 Å². The van der Waals surface area contributed by atoms with E-state index in [1.807, 2.05) is 31.2 Å². The normalized spacial score (nSPS) is 17.0. The second-order valence-corrected chi connectivity index (χ2v) is 9.20. The predicted octanol–water partition coefficient (Wildman–Crippen LogP) is 6.51. The zero-order chi connectivity index (χ0) is 26.3. The van der Waals surface area contributed by atoms with E-state index < -0.39 is 23.5 Å². The summed E-state index contributed by atoms with van der Waals surface area (Å²) >= 11 is 12.5. The first-order chi connectivity index (χ1) is 17.8. The van der Waals surface area contributed by atoms with Crippen molar-refractivity contribution < 1.29 is 24.2 Å². The van der Waals surface area contributed by atoms with Crippen molar-refractivity contribution >= 4 is 57.2 Å². The highest BCUT2D eigenvalue weighted by Crippen LogP contribution is 2.46. The molecule has 0 radical (unpaired) electrons. The molecule has 188 valence electrons. The number of para-hydroxylation sites is 1. The molecule has 1 aliphatic rings. The number of benzene rings is 3. The van der Waals surface area contributed by atoms with Gasteiger partial charge in [-0.1, -0.05) is 41.4 Å². The molecule has 1 unspecified atom stereocenters. The number of ether oxygens (including phenoxy) is 2. The van der Waals surface area contributed by atoms with Crippen molar-refractivity contribution in [2.24, 2.45) is 0 Å². The van der Waals surface area contributed by atoms with Crippen LogP contribution in [0.1, 0.15) is 24.1 Å². The van der Waals surface area contributed by atoms with Crippen molar-refractivity contribution in [3.8, 4) is 11.5 Å². The Morgan fingerprint density at radius 2 is 1.81 bits per heavy atom.